The van der Waals surface area contributed by atoms with E-state index in [1.807, 2.05) is 24.3 Å². The second-order valence-corrected chi connectivity index (χ2v) is 9.77. The number of benzene rings is 1. The zero-order chi connectivity index (χ0) is 12.4. The minimum absolute atomic E-state index is 0.710. The van der Waals surface area contributed by atoms with E-state index in [-0.39, 0.29) is 0 Å². The molecule has 3 nitrogen and oxygen atoms in total. The molecule has 0 spiro atoms. The van der Waals surface area contributed by atoms with Gasteiger partial charge in [-0.2, -0.15) is 0 Å². The van der Waals surface area contributed by atoms with E-state index in [0.717, 1.165) is 11.3 Å². The maximum Gasteiger partial charge on any atom is 0.242 e. The van der Waals surface area contributed by atoms with E-state index in [2.05, 4.69) is 24.5 Å². The first kappa shape index (κ1) is 13.2. The fourth-order valence-corrected chi connectivity index (χ4v) is 2.17. The molecule has 0 amide bonds. The van der Waals surface area contributed by atoms with Crippen molar-refractivity contribution in [2.24, 2.45) is 0 Å². The largest absolute Gasteiger partial charge is 0.544 e. The van der Waals surface area contributed by atoms with Gasteiger partial charge in [-0.05, 0) is 51.2 Å². The van der Waals surface area contributed by atoms with Gasteiger partial charge in [-0.1, -0.05) is 12.1 Å². The molecule has 0 aliphatic heterocycles. The molecule has 0 aromatic heterocycles. The molecular weight excluding hydrogens is 220 g/mol. The van der Waals surface area contributed by atoms with E-state index in [1.54, 1.807) is 13.8 Å². The van der Waals surface area contributed by atoms with Crippen molar-refractivity contribution in [3.05, 3.63) is 29.8 Å². The highest BCUT2D eigenvalue weighted by atomic mass is 28.4. The Balaban J connectivity index is 2.96. The molecule has 0 saturated heterocycles. The van der Waals surface area contributed by atoms with Crippen LogP contribution in [0.3, 0.4) is 0 Å². The first-order valence-corrected chi connectivity index (χ1v) is 8.77. The van der Waals surface area contributed by atoms with Crippen LogP contribution in [0, 0.1) is 0 Å². The van der Waals surface area contributed by atoms with Crippen LogP contribution in [-0.4, -0.2) is 13.6 Å². The average molecular weight is 240 g/mol. The summed E-state index contributed by atoms with van der Waals surface area (Å²) in [7, 11) is -1.59. The standard InChI is InChI=1S/C12H20O3Si/c1-12(2,15-13)10-7-6-8-11(9-10)14-16(3,4)5/h6-9,13H,1-5H3. The number of hydrogen-bond acceptors (Lipinski definition) is 3. The van der Waals surface area contributed by atoms with Crippen LogP contribution in [0.2, 0.25) is 19.6 Å². The van der Waals surface area contributed by atoms with Crippen LogP contribution in [0.5, 0.6) is 5.75 Å². The topological polar surface area (TPSA) is 38.7 Å². The minimum Gasteiger partial charge on any atom is -0.544 e. The fraction of sp³-hybridized carbons (Fsp3) is 0.500. The molecule has 0 heterocycles. The minimum atomic E-state index is -1.59. The van der Waals surface area contributed by atoms with Gasteiger partial charge in [0.1, 0.15) is 11.4 Å². The van der Waals surface area contributed by atoms with Crippen LogP contribution in [-0.2, 0) is 10.5 Å². The second kappa shape index (κ2) is 4.57. The van der Waals surface area contributed by atoms with E-state index in [1.165, 1.54) is 0 Å². The average Bonchev–Trinajstić information content (AvgIpc) is 2.15. The van der Waals surface area contributed by atoms with Gasteiger partial charge in [0, 0.05) is 0 Å². The van der Waals surface area contributed by atoms with Crippen molar-refractivity contribution < 1.29 is 14.6 Å². The zero-order valence-electron chi connectivity index (χ0n) is 10.6. The molecule has 0 saturated carbocycles. The molecule has 0 aliphatic rings. The lowest BCUT2D eigenvalue weighted by atomic mass is 9.98. The van der Waals surface area contributed by atoms with Gasteiger partial charge >= 0.3 is 0 Å². The third kappa shape index (κ3) is 3.63. The predicted octanol–water partition coefficient (Wildman–Crippen LogP) is 3.63. The van der Waals surface area contributed by atoms with Crippen LogP contribution in [0.15, 0.2) is 24.3 Å². The van der Waals surface area contributed by atoms with Gasteiger partial charge in [0.15, 0.2) is 0 Å². The van der Waals surface area contributed by atoms with Crippen LogP contribution >= 0.6 is 0 Å². The van der Waals surface area contributed by atoms with Crippen molar-refractivity contribution >= 4 is 8.32 Å². The van der Waals surface area contributed by atoms with Crippen molar-refractivity contribution in [1.29, 1.82) is 0 Å². The number of rotatable bonds is 4. The normalized spacial score (nSPS) is 12.6. The summed E-state index contributed by atoms with van der Waals surface area (Å²) in [6.07, 6.45) is 0. The third-order valence-corrected chi connectivity index (χ3v) is 3.03. The molecule has 0 aliphatic carbocycles. The monoisotopic (exact) mass is 240 g/mol. The lowest BCUT2D eigenvalue weighted by Gasteiger charge is -2.24. The molecule has 4 heteroatoms. The van der Waals surface area contributed by atoms with Crippen molar-refractivity contribution in [2.75, 3.05) is 0 Å². The molecule has 1 N–H and O–H groups in total. The van der Waals surface area contributed by atoms with E-state index in [9.17, 15) is 0 Å². The molecule has 0 atom stereocenters. The highest BCUT2D eigenvalue weighted by molar-refractivity contribution is 6.70. The van der Waals surface area contributed by atoms with Crippen LogP contribution in [0.25, 0.3) is 0 Å². The van der Waals surface area contributed by atoms with Gasteiger partial charge in [0.05, 0.1) is 0 Å². The number of hydrogen-bond donors (Lipinski definition) is 1. The summed E-state index contributed by atoms with van der Waals surface area (Å²) in [5.41, 5.74) is 0.185. The van der Waals surface area contributed by atoms with Gasteiger partial charge in [-0.3, -0.25) is 5.26 Å². The van der Waals surface area contributed by atoms with Crippen molar-refractivity contribution in [2.45, 2.75) is 39.1 Å². The SMILES string of the molecule is CC(C)(OO)c1cccc(O[Si](C)(C)C)c1. The summed E-state index contributed by atoms with van der Waals surface area (Å²) in [5, 5.41) is 8.84. The first-order valence-electron chi connectivity index (χ1n) is 5.37. The Bertz CT molecular complexity index is 356. The molecular formula is C12H20O3Si. The Kier molecular flexibility index (Phi) is 3.78. The molecule has 0 bridgehead atoms. The molecule has 0 fully saturated rings. The van der Waals surface area contributed by atoms with Crippen LogP contribution < -0.4 is 4.43 Å². The van der Waals surface area contributed by atoms with Gasteiger partial charge in [0.2, 0.25) is 8.32 Å². The van der Waals surface area contributed by atoms with Crippen molar-refractivity contribution in [1.82, 2.24) is 0 Å². The predicted molar refractivity (Wildman–Crippen MR) is 67.2 cm³/mol. The van der Waals surface area contributed by atoms with Crippen LogP contribution in [0.1, 0.15) is 19.4 Å². The third-order valence-electron chi connectivity index (χ3n) is 2.18. The van der Waals surface area contributed by atoms with E-state index < -0.39 is 13.9 Å². The Morgan fingerprint density at radius 1 is 1.19 bits per heavy atom. The Hall–Kier alpha value is -0.843. The van der Waals surface area contributed by atoms with E-state index >= 15 is 0 Å². The molecule has 90 valence electrons. The van der Waals surface area contributed by atoms with Gasteiger partial charge in [-0.25, -0.2) is 4.89 Å². The summed E-state index contributed by atoms with van der Waals surface area (Å²) < 4.78 is 5.88. The Morgan fingerprint density at radius 3 is 2.31 bits per heavy atom. The lowest BCUT2D eigenvalue weighted by molar-refractivity contribution is -0.318. The molecule has 16 heavy (non-hydrogen) atoms. The lowest BCUT2D eigenvalue weighted by Crippen LogP contribution is -2.29. The summed E-state index contributed by atoms with van der Waals surface area (Å²) in [4.78, 5) is 4.46. The molecule has 1 aromatic carbocycles. The highest BCUT2D eigenvalue weighted by Crippen LogP contribution is 2.27. The van der Waals surface area contributed by atoms with Crippen molar-refractivity contribution in [3.63, 3.8) is 0 Å². The van der Waals surface area contributed by atoms with Gasteiger partial charge < -0.3 is 4.43 Å². The summed E-state index contributed by atoms with van der Waals surface area (Å²) in [5.74, 6) is 0.835. The zero-order valence-corrected chi connectivity index (χ0v) is 11.6. The van der Waals surface area contributed by atoms with Crippen molar-refractivity contribution in [3.8, 4) is 5.75 Å². The molecule has 1 rings (SSSR count). The first-order chi connectivity index (χ1) is 7.24. The maximum atomic E-state index is 8.84. The molecule has 1 aromatic rings. The molecule has 0 unspecified atom stereocenters. The van der Waals surface area contributed by atoms with E-state index in [4.69, 9.17) is 9.68 Å². The summed E-state index contributed by atoms with van der Waals surface area (Å²) in [6.45, 7) is 10.0. The molecule has 0 radical (unpaired) electrons. The Morgan fingerprint density at radius 2 is 1.81 bits per heavy atom. The smallest absolute Gasteiger partial charge is 0.242 e. The maximum absolute atomic E-state index is 8.84. The van der Waals surface area contributed by atoms with Crippen LogP contribution in [0.4, 0.5) is 0 Å². The van der Waals surface area contributed by atoms with Gasteiger partial charge in [0.25, 0.3) is 0 Å². The van der Waals surface area contributed by atoms with Gasteiger partial charge in [-0.15, -0.1) is 0 Å². The van der Waals surface area contributed by atoms with E-state index in [0.29, 0.717) is 0 Å². The fourth-order valence-electron chi connectivity index (χ4n) is 1.34. The highest BCUT2D eigenvalue weighted by Gasteiger charge is 2.23. The summed E-state index contributed by atoms with van der Waals surface area (Å²) >= 11 is 0. The summed E-state index contributed by atoms with van der Waals surface area (Å²) in [6, 6.07) is 7.66. The second-order valence-electron chi connectivity index (χ2n) is 5.34. The Labute approximate surface area is 98.1 Å². The quantitative estimate of drug-likeness (QED) is 0.496.